The first-order valence-corrected chi connectivity index (χ1v) is 11.4. The highest BCUT2D eigenvalue weighted by Gasteiger charge is 2.26. The van der Waals surface area contributed by atoms with Crippen LogP contribution in [-0.4, -0.2) is 38.3 Å². The fourth-order valence-electron chi connectivity index (χ4n) is 3.08. The number of carbonyl (C=O) groups is 1. The molecule has 150 valence electrons. The van der Waals surface area contributed by atoms with Crippen molar-refractivity contribution in [1.82, 2.24) is 9.62 Å². The summed E-state index contributed by atoms with van der Waals surface area (Å²) in [5.41, 5.74) is 0.985. The van der Waals surface area contributed by atoms with E-state index in [9.17, 15) is 13.2 Å². The predicted octanol–water partition coefficient (Wildman–Crippen LogP) is 3.49. The summed E-state index contributed by atoms with van der Waals surface area (Å²) >= 11 is 3.42. The molecule has 1 aliphatic heterocycles. The lowest BCUT2D eigenvalue weighted by atomic mass is 10.1. The van der Waals surface area contributed by atoms with E-state index in [2.05, 4.69) is 21.2 Å². The van der Waals surface area contributed by atoms with Gasteiger partial charge in [-0.3, -0.25) is 4.79 Å². The summed E-state index contributed by atoms with van der Waals surface area (Å²) in [6.07, 6.45) is 1.79. The van der Waals surface area contributed by atoms with Gasteiger partial charge in [0.25, 0.3) is 5.91 Å². The van der Waals surface area contributed by atoms with Gasteiger partial charge in [0.05, 0.1) is 10.9 Å². The third-order valence-electron chi connectivity index (χ3n) is 4.62. The molecule has 0 saturated carbocycles. The molecule has 2 aromatic carbocycles. The summed E-state index contributed by atoms with van der Waals surface area (Å²) in [5, 5.41) is 2.88. The maximum absolute atomic E-state index is 12.5. The number of halogens is 1. The normalized spacial score (nSPS) is 15.9. The molecule has 28 heavy (non-hydrogen) atoms. The molecule has 3 rings (SSSR count). The number of benzene rings is 2. The van der Waals surface area contributed by atoms with Crippen LogP contribution in [0.2, 0.25) is 0 Å². The van der Waals surface area contributed by atoms with Gasteiger partial charge >= 0.3 is 0 Å². The van der Waals surface area contributed by atoms with E-state index < -0.39 is 10.0 Å². The third-order valence-corrected chi connectivity index (χ3v) is 7.03. The van der Waals surface area contributed by atoms with Gasteiger partial charge in [0, 0.05) is 17.6 Å². The highest BCUT2D eigenvalue weighted by atomic mass is 79.9. The van der Waals surface area contributed by atoms with Gasteiger partial charge in [0.2, 0.25) is 10.0 Å². The average molecular weight is 467 g/mol. The molecule has 1 N–H and O–H groups in total. The van der Waals surface area contributed by atoms with Crippen molar-refractivity contribution in [2.45, 2.75) is 30.7 Å². The topological polar surface area (TPSA) is 75.7 Å². The number of ether oxygens (including phenoxy) is 1. The van der Waals surface area contributed by atoms with Crippen LogP contribution in [0, 0.1) is 0 Å². The SMILES string of the molecule is C[C@@H](NC(=O)COc1ccc(S(=O)(=O)N2CCCC2)cc1)c1cccc(Br)c1. The average Bonchev–Trinajstić information content (AvgIpc) is 3.22. The standard InChI is InChI=1S/C20H23BrN2O4S/c1-15(16-5-4-6-17(21)13-16)22-20(24)14-27-18-7-9-19(10-8-18)28(25,26)23-11-2-3-12-23/h4-10,13,15H,2-3,11-12,14H2,1H3,(H,22,24)/t15-/m1/s1. The number of rotatable bonds is 7. The molecule has 1 amide bonds. The molecular formula is C20H23BrN2O4S. The molecule has 0 spiro atoms. The van der Waals surface area contributed by atoms with Crippen molar-refractivity contribution in [3.05, 3.63) is 58.6 Å². The Labute approximate surface area is 174 Å². The van der Waals surface area contributed by atoms with Crippen LogP contribution in [0.1, 0.15) is 31.4 Å². The molecule has 0 bridgehead atoms. The first-order valence-electron chi connectivity index (χ1n) is 9.14. The van der Waals surface area contributed by atoms with Crippen LogP contribution in [0.5, 0.6) is 5.75 Å². The summed E-state index contributed by atoms with van der Waals surface area (Å²) in [6.45, 7) is 2.89. The van der Waals surface area contributed by atoms with E-state index in [1.165, 1.54) is 16.4 Å². The Balaban J connectivity index is 1.54. The van der Waals surface area contributed by atoms with Crippen LogP contribution in [0.4, 0.5) is 0 Å². The van der Waals surface area contributed by atoms with E-state index in [0.29, 0.717) is 18.8 Å². The lowest BCUT2D eigenvalue weighted by Gasteiger charge is -2.16. The highest BCUT2D eigenvalue weighted by molar-refractivity contribution is 9.10. The van der Waals surface area contributed by atoms with E-state index >= 15 is 0 Å². The van der Waals surface area contributed by atoms with Gasteiger partial charge < -0.3 is 10.1 Å². The molecule has 0 aromatic heterocycles. The Morgan fingerprint density at radius 1 is 1.18 bits per heavy atom. The van der Waals surface area contributed by atoms with Crippen LogP contribution in [-0.2, 0) is 14.8 Å². The first kappa shape index (κ1) is 20.8. The van der Waals surface area contributed by atoms with Crippen LogP contribution >= 0.6 is 15.9 Å². The number of nitrogens with one attached hydrogen (secondary N) is 1. The van der Waals surface area contributed by atoms with E-state index in [4.69, 9.17) is 4.74 Å². The van der Waals surface area contributed by atoms with Crippen molar-refractivity contribution in [2.75, 3.05) is 19.7 Å². The van der Waals surface area contributed by atoms with Crippen molar-refractivity contribution >= 4 is 31.9 Å². The minimum absolute atomic E-state index is 0.142. The van der Waals surface area contributed by atoms with Crippen molar-refractivity contribution in [1.29, 1.82) is 0 Å². The summed E-state index contributed by atoms with van der Waals surface area (Å²) < 4.78 is 33.0. The first-order chi connectivity index (χ1) is 13.4. The quantitative estimate of drug-likeness (QED) is 0.677. The molecular weight excluding hydrogens is 444 g/mol. The molecule has 1 heterocycles. The fourth-order valence-corrected chi connectivity index (χ4v) is 5.01. The van der Waals surface area contributed by atoms with E-state index in [-0.39, 0.29) is 23.5 Å². The summed E-state index contributed by atoms with van der Waals surface area (Å²) in [7, 11) is -3.44. The number of sulfonamides is 1. The zero-order valence-electron chi connectivity index (χ0n) is 15.6. The molecule has 8 heteroatoms. The van der Waals surface area contributed by atoms with Gasteiger partial charge in [-0.15, -0.1) is 0 Å². The molecule has 0 radical (unpaired) electrons. The predicted molar refractivity (Wildman–Crippen MR) is 111 cm³/mol. The largest absolute Gasteiger partial charge is 0.484 e. The van der Waals surface area contributed by atoms with Gasteiger partial charge in [-0.1, -0.05) is 28.1 Å². The minimum Gasteiger partial charge on any atom is -0.484 e. The van der Waals surface area contributed by atoms with Crippen LogP contribution < -0.4 is 10.1 Å². The summed E-state index contributed by atoms with van der Waals surface area (Å²) in [4.78, 5) is 12.4. The van der Waals surface area contributed by atoms with Crippen LogP contribution in [0.3, 0.4) is 0 Å². The number of nitrogens with zero attached hydrogens (tertiary/aromatic N) is 1. The number of carbonyl (C=O) groups excluding carboxylic acids is 1. The maximum atomic E-state index is 12.5. The molecule has 6 nitrogen and oxygen atoms in total. The van der Waals surface area contributed by atoms with Crippen molar-refractivity contribution in [3.8, 4) is 5.75 Å². The molecule has 0 aliphatic carbocycles. The Kier molecular flexibility index (Phi) is 6.74. The van der Waals surface area contributed by atoms with Gasteiger partial charge in [0.1, 0.15) is 5.75 Å². The Morgan fingerprint density at radius 2 is 1.86 bits per heavy atom. The summed E-state index contributed by atoms with van der Waals surface area (Å²) in [6, 6.07) is 13.8. The van der Waals surface area contributed by atoms with Gasteiger partial charge in [0.15, 0.2) is 6.61 Å². The zero-order chi connectivity index (χ0) is 20.1. The monoisotopic (exact) mass is 466 g/mol. The number of amides is 1. The maximum Gasteiger partial charge on any atom is 0.258 e. The van der Waals surface area contributed by atoms with Gasteiger partial charge in [-0.05, 0) is 61.7 Å². The van der Waals surface area contributed by atoms with Gasteiger partial charge in [-0.2, -0.15) is 4.31 Å². The van der Waals surface area contributed by atoms with Crippen molar-refractivity contribution in [3.63, 3.8) is 0 Å². The molecule has 0 unspecified atom stereocenters. The Hall–Kier alpha value is -1.90. The van der Waals surface area contributed by atoms with Crippen molar-refractivity contribution < 1.29 is 17.9 Å². The second-order valence-electron chi connectivity index (χ2n) is 6.72. The highest BCUT2D eigenvalue weighted by Crippen LogP contribution is 2.23. The van der Waals surface area contributed by atoms with E-state index in [1.807, 2.05) is 31.2 Å². The van der Waals surface area contributed by atoms with E-state index in [1.54, 1.807) is 12.1 Å². The summed E-state index contributed by atoms with van der Waals surface area (Å²) in [5.74, 6) is 0.201. The molecule has 1 fully saturated rings. The van der Waals surface area contributed by atoms with E-state index in [0.717, 1.165) is 22.9 Å². The molecule has 1 saturated heterocycles. The lowest BCUT2D eigenvalue weighted by Crippen LogP contribution is -2.31. The minimum atomic E-state index is -3.44. The Morgan fingerprint density at radius 3 is 2.50 bits per heavy atom. The number of hydrogen-bond donors (Lipinski definition) is 1. The smallest absolute Gasteiger partial charge is 0.258 e. The molecule has 2 aromatic rings. The third kappa shape index (κ3) is 5.12. The van der Waals surface area contributed by atoms with Crippen LogP contribution in [0.25, 0.3) is 0 Å². The fraction of sp³-hybridized carbons (Fsp3) is 0.350. The second kappa shape index (κ2) is 9.07. The van der Waals surface area contributed by atoms with Gasteiger partial charge in [-0.25, -0.2) is 8.42 Å². The zero-order valence-corrected chi connectivity index (χ0v) is 18.0. The van der Waals surface area contributed by atoms with Crippen LogP contribution in [0.15, 0.2) is 57.9 Å². The van der Waals surface area contributed by atoms with Crippen molar-refractivity contribution in [2.24, 2.45) is 0 Å². The number of hydrogen-bond acceptors (Lipinski definition) is 4. The Bertz CT molecular complexity index is 925. The lowest BCUT2D eigenvalue weighted by molar-refractivity contribution is -0.123. The molecule has 1 aliphatic rings. The second-order valence-corrected chi connectivity index (χ2v) is 9.57. The molecule has 1 atom stereocenters.